The van der Waals surface area contributed by atoms with Crippen LogP contribution in [-0.4, -0.2) is 5.11 Å². The maximum absolute atomic E-state index is 9.14. The van der Waals surface area contributed by atoms with Crippen LogP contribution in [0.2, 0.25) is 0 Å². The van der Waals surface area contributed by atoms with Gasteiger partial charge in [0.05, 0.1) is 14.4 Å². The summed E-state index contributed by atoms with van der Waals surface area (Å²) >= 11 is 2.91. The Bertz CT molecular complexity index is 402. The second-order valence-corrected chi connectivity index (χ2v) is 4.48. The smallest absolute Gasteiger partial charge is 0.173 e. The molecule has 0 bridgehead atoms. The first-order chi connectivity index (χ1) is 5.18. The summed E-state index contributed by atoms with van der Waals surface area (Å²) < 4.78 is 2.20. The Labute approximate surface area is 71.9 Å². The number of hydrogen-bond acceptors (Lipinski definition) is 4. The van der Waals surface area contributed by atoms with Gasteiger partial charge in [-0.05, 0) is 6.92 Å². The maximum atomic E-state index is 9.14. The highest BCUT2D eigenvalue weighted by molar-refractivity contribution is 7.30. The van der Waals surface area contributed by atoms with Crippen molar-refractivity contribution in [3.8, 4) is 5.06 Å². The Balaban J connectivity index is 2.88. The lowest BCUT2D eigenvalue weighted by molar-refractivity contribution is 0.491. The maximum Gasteiger partial charge on any atom is 0.173 e. The molecule has 2 aromatic rings. The molecule has 0 saturated carbocycles. The number of nitrogen functional groups attached to an aromatic ring is 1. The molecule has 0 unspecified atom stereocenters. The molecule has 0 saturated heterocycles. The van der Waals surface area contributed by atoms with E-state index in [2.05, 4.69) is 0 Å². The van der Waals surface area contributed by atoms with E-state index < -0.39 is 0 Å². The van der Waals surface area contributed by atoms with E-state index in [0.717, 1.165) is 20.0 Å². The van der Waals surface area contributed by atoms with Crippen molar-refractivity contribution in [3.63, 3.8) is 0 Å². The van der Waals surface area contributed by atoms with Crippen molar-refractivity contribution in [1.82, 2.24) is 0 Å². The van der Waals surface area contributed by atoms with Crippen molar-refractivity contribution in [2.45, 2.75) is 6.92 Å². The first-order valence-electron chi connectivity index (χ1n) is 3.16. The standard InChI is InChI=1S/C7H7NOS2/c1-3-6-4(10-7(3)8)2-5(9)11-6/h2,9H,8H2,1H3. The summed E-state index contributed by atoms with van der Waals surface area (Å²) in [6.45, 7) is 1.98. The number of aryl methyl sites for hydroxylation is 1. The number of nitrogens with two attached hydrogens (primary N) is 1. The van der Waals surface area contributed by atoms with E-state index in [9.17, 15) is 0 Å². The molecular weight excluding hydrogens is 178 g/mol. The summed E-state index contributed by atoms with van der Waals surface area (Å²) in [5.41, 5.74) is 6.78. The third-order valence-electron chi connectivity index (χ3n) is 1.62. The monoisotopic (exact) mass is 185 g/mol. The molecule has 2 rings (SSSR count). The minimum absolute atomic E-state index is 0.370. The van der Waals surface area contributed by atoms with Crippen molar-refractivity contribution in [3.05, 3.63) is 11.6 Å². The van der Waals surface area contributed by atoms with Gasteiger partial charge in [-0.1, -0.05) is 11.3 Å². The average molecular weight is 185 g/mol. The summed E-state index contributed by atoms with van der Waals surface area (Å²) in [5, 5.41) is 10.4. The zero-order valence-corrected chi connectivity index (χ0v) is 7.55. The fourth-order valence-electron chi connectivity index (χ4n) is 1.01. The third-order valence-corrected chi connectivity index (χ3v) is 3.87. The molecule has 0 fully saturated rings. The molecule has 4 heteroatoms. The summed E-state index contributed by atoms with van der Waals surface area (Å²) in [4.78, 5) is 0. The van der Waals surface area contributed by atoms with Crippen molar-refractivity contribution < 1.29 is 5.11 Å². The molecule has 58 valence electrons. The van der Waals surface area contributed by atoms with E-state index >= 15 is 0 Å². The Hall–Kier alpha value is -0.740. The minimum Gasteiger partial charge on any atom is -0.499 e. The van der Waals surface area contributed by atoms with Crippen LogP contribution in [0.5, 0.6) is 5.06 Å². The summed E-state index contributed by atoms with van der Waals surface area (Å²) in [6, 6.07) is 1.76. The molecule has 11 heavy (non-hydrogen) atoms. The van der Waals surface area contributed by atoms with Gasteiger partial charge < -0.3 is 10.8 Å². The second kappa shape index (κ2) is 2.12. The van der Waals surface area contributed by atoms with Crippen LogP contribution >= 0.6 is 22.7 Å². The van der Waals surface area contributed by atoms with Gasteiger partial charge in [-0.15, -0.1) is 11.3 Å². The number of fused-ring (bicyclic) bond motifs is 1. The molecule has 0 atom stereocenters. The number of anilines is 1. The van der Waals surface area contributed by atoms with Gasteiger partial charge in [0.25, 0.3) is 0 Å². The molecule has 0 aromatic carbocycles. The molecule has 2 nitrogen and oxygen atoms in total. The largest absolute Gasteiger partial charge is 0.499 e. The van der Waals surface area contributed by atoms with Gasteiger partial charge in [-0.25, -0.2) is 0 Å². The number of hydrogen-bond donors (Lipinski definition) is 2. The van der Waals surface area contributed by atoms with Gasteiger partial charge in [0, 0.05) is 11.6 Å². The van der Waals surface area contributed by atoms with Crippen LogP contribution < -0.4 is 5.73 Å². The third kappa shape index (κ3) is 0.902. The van der Waals surface area contributed by atoms with E-state index in [0.29, 0.717) is 5.06 Å². The highest BCUT2D eigenvalue weighted by Crippen LogP contribution is 2.41. The van der Waals surface area contributed by atoms with Gasteiger partial charge in [0.1, 0.15) is 0 Å². The molecule has 0 aliphatic carbocycles. The quantitative estimate of drug-likeness (QED) is 0.662. The summed E-state index contributed by atoms with van der Waals surface area (Å²) in [5.74, 6) is 0. The van der Waals surface area contributed by atoms with Crippen molar-refractivity contribution >= 4 is 37.1 Å². The highest BCUT2D eigenvalue weighted by Gasteiger charge is 2.08. The topological polar surface area (TPSA) is 46.2 Å². The first-order valence-corrected chi connectivity index (χ1v) is 4.79. The van der Waals surface area contributed by atoms with Crippen LogP contribution in [-0.2, 0) is 0 Å². The van der Waals surface area contributed by atoms with Crippen molar-refractivity contribution in [2.75, 3.05) is 5.73 Å². The van der Waals surface area contributed by atoms with Crippen LogP contribution in [0.15, 0.2) is 6.07 Å². The van der Waals surface area contributed by atoms with Gasteiger partial charge in [0.2, 0.25) is 0 Å². The van der Waals surface area contributed by atoms with E-state index in [1.165, 1.54) is 22.7 Å². The molecule has 0 aliphatic heterocycles. The van der Waals surface area contributed by atoms with E-state index in [1.807, 2.05) is 6.92 Å². The van der Waals surface area contributed by atoms with E-state index in [4.69, 9.17) is 10.8 Å². The first kappa shape index (κ1) is 6.94. The predicted octanol–water partition coefficient (Wildman–Crippen LogP) is 2.56. The van der Waals surface area contributed by atoms with Crippen molar-refractivity contribution in [2.24, 2.45) is 0 Å². The Morgan fingerprint density at radius 3 is 2.82 bits per heavy atom. The SMILES string of the molecule is Cc1c(N)sc2cc(O)sc12. The predicted molar refractivity (Wildman–Crippen MR) is 50.5 cm³/mol. The zero-order valence-electron chi connectivity index (χ0n) is 5.92. The lowest BCUT2D eigenvalue weighted by atomic mass is 10.3. The lowest BCUT2D eigenvalue weighted by Crippen LogP contribution is -1.79. The van der Waals surface area contributed by atoms with Gasteiger partial charge in [0.15, 0.2) is 5.06 Å². The lowest BCUT2D eigenvalue weighted by Gasteiger charge is -1.85. The van der Waals surface area contributed by atoms with Crippen LogP contribution in [0.1, 0.15) is 5.56 Å². The second-order valence-electron chi connectivity index (χ2n) is 2.37. The number of thiophene rings is 2. The fourth-order valence-corrected chi connectivity index (χ4v) is 3.11. The molecule has 3 N–H and O–H groups in total. The molecule has 0 amide bonds. The molecule has 2 heterocycles. The summed E-state index contributed by atoms with van der Waals surface area (Å²) in [6.07, 6.45) is 0. The van der Waals surface area contributed by atoms with Crippen LogP contribution in [0.25, 0.3) is 9.40 Å². The Kier molecular flexibility index (Phi) is 1.34. The fraction of sp³-hybridized carbons (Fsp3) is 0.143. The number of aromatic hydroxyl groups is 1. The van der Waals surface area contributed by atoms with Crippen LogP contribution in [0, 0.1) is 6.92 Å². The molecule has 0 spiro atoms. The average Bonchev–Trinajstić information content (AvgIpc) is 2.37. The molecule has 2 aromatic heterocycles. The van der Waals surface area contributed by atoms with Gasteiger partial charge in [-0.2, -0.15) is 0 Å². The van der Waals surface area contributed by atoms with E-state index in [-0.39, 0.29) is 0 Å². The van der Waals surface area contributed by atoms with E-state index in [1.54, 1.807) is 6.07 Å². The molecule has 0 aliphatic rings. The molecule has 0 radical (unpaired) electrons. The normalized spacial score (nSPS) is 11.0. The van der Waals surface area contributed by atoms with Crippen molar-refractivity contribution in [1.29, 1.82) is 0 Å². The zero-order chi connectivity index (χ0) is 8.01. The Morgan fingerprint density at radius 1 is 1.45 bits per heavy atom. The van der Waals surface area contributed by atoms with Gasteiger partial charge in [-0.3, -0.25) is 0 Å². The molecular formula is C7H7NOS2. The number of rotatable bonds is 0. The van der Waals surface area contributed by atoms with Crippen LogP contribution in [0.4, 0.5) is 5.00 Å². The minimum atomic E-state index is 0.370. The summed E-state index contributed by atoms with van der Waals surface area (Å²) in [7, 11) is 0. The van der Waals surface area contributed by atoms with Gasteiger partial charge >= 0.3 is 0 Å². The Morgan fingerprint density at radius 2 is 2.18 bits per heavy atom. The van der Waals surface area contributed by atoms with Crippen LogP contribution in [0.3, 0.4) is 0 Å². The highest BCUT2D eigenvalue weighted by atomic mass is 32.1.